The van der Waals surface area contributed by atoms with Gasteiger partial charge >= 0.3 is 11.9 Å². The van der Waals surface area contributed by atoms with Gasteiger partial charge in [0.2, 0.25) is 17.7 Å². The highest BCUT2D eigenvalue weighted by molar-refractivity contribution is 5.94. The monoisotopic (exact) mass is 505 g/mol. The predicted molar refractivity (Wildman–Crippen MR) is 128 cm³/mol. The van der Waals surface area contributed by atoms with Crippen molar-refractivity contribution in [1.82, 2.24) is 20.9 Å². The number of amides is 3. The zero-order valence-corrected chi connectivity index (χ0v) is 19.9. The molecule has 2 aromatic rings. The van der Waals surface area contributed by atoms with Crippen molar-refractivity contribution in [3.05, 3.63) is 36.0 Å². The van der Waals surface area contributed by atoms with E-state index in [1.54, 1.807) is 6.20 Å². The summed E-state index contributed by atoms with van der Waals surface area (Å²) < 4.78 is 0. The number of benzene rings is 1. The number of carbonyl (C=O) groups excluding carboxylic acids is 3. The maximum absolute atomic E-state index is 12.7. The van der Waals surface area contributed by atoms with Gasteiger partial charge in [-0.1, -0.05) is 18.2 Å². The van der Waals surface area contributed by atoms with Crippen LogP contribution < -0.4 is 21.7 Å². The highest BCUT2D eigenvalue weighted by Crippen LogP contribution is 2.18. The van der Waals surface area contributed by atoms with Crippen molar-refractivity contribution in [1.29, 1.82) is 0 Å². The minimum Gasteiger partial charge on any atom is -0.481 e. The van der Waals surface area contributed by atoms with Gasteiger partial charge in [0.1, 0.15) is 18.1 Å². The van der Waals surface area contributed by atoms with Crippen molar-refractivity contribution in [3.8, 4) is 0 Å². The lowest BCUT2D eigenvalue weighted by atomic mass is 10.0. The number of rotatable bonds is 13. The number of hydrogen-bond donors (Lipinski definition) is 8. The van der Waals surface area contributed by atoms with Gasteiger partial charge in [0.15, 0.2) is 0 Å². The summed E-state index contributed by atoms with van der Waals surface area (Å²) in [5.41, 5.74) is 7.70. The molecular weight excluding hydrogens is 474 g/mol. The number of aliphatic hydroxyl groups excluding tert-OH is 1. The molecule has 0 aliphatic heterocycles. The number of fused-ring (bicyclic) bond motifs is 1. The van der Waals surface area contributed by atoms with Crippen LogP contribution in [0.4, 0.5) is 0 Å². The van der Waals surface area contributed by atoms with Crippen LogP contribution in [0.1, 0.15) is 32.3 Å². The van der Waals surface area contributed by atoms with Gasteiger partial charge in [0.05, 0.1) is 12.1 Å². The first-order valence-electron chi connectivity index (χ1n) is 11.2. The second-order valence-corrected chi connectivity index (χ2v) is 8.46. The highest BCUT2D eigenvalue weighted by atomic mass is 16.4. The summed E-state index contributed by atoms with van der Waals surface area (Å²) in [4.78, 5) is 62.7. The third kappa shape index (κ3) is 7.78. The lowest BCUT2D eigenvalue weighted by molar-refractivity contribution is -0.143. The average molecular weight is 506 g/mol. The summed E-state index contributed by atoms with van der Waals surface area (Å²) in [6.07, 6.45) is -0.273. The normalized spacial score (nSPS) is 15.2. The molecule has 0 fully saturated rings. The molecule has 1 aromatic carbocycles. The van der Waals surface area contributed by atoms with E-state index < -0.39 is 66.4 Å². The van der Waals surface area contributed by atoms with Gasteiger partial charge in [-0.25, -0.2) is 4.79 Å². The van der Waals surface area contributed by atoms with E-state index in [-0.39, 0.29) is 12.8 Å². The smallest absolute Gasteiger partial charge is 0.326 e. The van der Waals surface area contributed by atoms with E-state index in [1.807, 2.05) is 24.3 Å². The third-order valence-corrected chi connectivity index (χ3v) is 5.53. The van der Waals surface area contributed by atoms with Crippen LogP contribution >= 0.6 is 0 Å². The van der Waals surface area contributed by atoms with Crippen LogP contribution in [0.25, 0.3) is 10.9 Å². The average Bonchev–Trinajstić information content (AvgIpc) is 3.21. The number of aromatic nitrogens is 1. The van der Waals surface area contributed by atoms with E-state index in [1.165, 1.54) is 13.8 Å². The Kier molecular flexibility index (Phi) is 9.93. The van der Waals surface area contributed by atoms with Gasteiger partial charge in [0, 0.05) is 23.5 Å². The van der Waals surface area contributed by atoms with Crippen LogP contribution in [0.15, 0.2) is 30.5 Å². The summed E-state index contributed by atoms with van der Waals surface area (Å²) in [5.74, 6) is -5.12. The maximum atomic E-state index is 12.7. The molecule has 0 saturated heterocycles. The molecule has 1 heterocycles. The topological polar surface area (TPSA) is 224 Å². The first-order chi connectivity index (χ1) is 16.9. The Bertz CT molecular complexity index is 1110. The van der Waals surface area contributed by atoms with Crippen LogP contribution in [0.3, 0.4) is 0 Å². The molecule has 0 aliphatic rings. The van der Waals surface area contributed by atoms with E-state index in [0.29, 0.717) is 0 Å². The molecule has 2 rings (SSSR count). The zero-order chi connectivity index (χ0) is 27.0. The Morgan fingerprint density at radius 2 is 1.64 bits per heavy atom. The number of aliphatic carboxylic acids is 2. The molecule has 196 valence electrons. The van der Waals surface area contributed by atoms with Crippen LogP contribution in [0.5, 0.6) is 0 Å². The van der Waals surface area contributed by atoms with Gasteiger partial charge in [-0.2, -0.15) is 0 Å². The molecule has 0 bridgehead atoms. The Morgan fingerprint density at radius 1 is 0.972 bits per heavy atom. The van der Waals surface area contributed by atoms with Gasteiger partial charge in [-0.05, 0) is 38.3 Å². The van der Waals surface area contributed by atoms with Crippen LogP contribution in [-0.4, -0.2) is 80.2 Å². The Labute approximate surface area is 206 Å². The fourth-order valence-corrected chi connectivity index (χ4v) is 3.49. The number of carbonyl (C=O) groups is 5. The lowest BCUT2D eigenvalue weighted by Crippen LogP contribution is -2.59. The van der Waals surface area contributed by atoms with Crippen LogP contribution in [0.2, 0.25) is 0 Å². The maximum Gasteiger partial charge on any atom is 0.326 e. The number of para-hydroxylation sites is 1. The molecule has 0 saturated carbocycles. The van der Waals surface area contributed by atoms with Gasteiger partial charge in [-0.15, -0.1) is 0 Å². The number of aromatic amines is 1. The van der Waals surface area contributed by atoms with Crippen molar-refractivity contribution < 1.29 is 39.3 Å². The van der Waals surface area contributed by atoms with Crippen molar-refractivity contribution in [2.45, 2.75) is 63.4 Å². The fraction of sp³-hybridized carbons (Fsp3) is 0.435. The number of H-pyrrole nitrogens is 1. The Hall–Kier alpha value is -3.97. The number of carboxylic acids is 2. The summed E-state index contributed by atoms with van der Waals surface area (Å²) >= 11 is 0. The zero-order valence-electron chi connectivity index (χ0n) is 19.9. The molecule has 1 aromatic heterocycles. The van der Waals surface area contributed by atoms with Gasteiger partial charge in [-0.3, -0.25) is 19.2 Å². The molecule has 36 heavy (non-hydrogen) atoms. The number of hydrogen-bond acceptors (Lipinski definition) is 7. The van der Waals surface area contributed by atoms with Crippen molar-refractivity contribution in [2.75, 3.05) is 0 Å². The van der Waals surface area contributed by atoms with E-state index >= 15 is 0 Å². The highest BCUT2D eigenvalue weighted by Gasteiger charge is 2.31. The molecule has 13 nitrogen and oxygen atoms in total. The van der Waals surface area contributed by atoms with E-state index in [4.69, 9.17) is 10.8 Å². The van der Waals surface area contributed by atoms with Crippen molar-refractivity contribution >= 4 is 40.6 Å². The molecule has 13 heteroatoms. The Morgan fingerprint density at radius 3 is 2.25 bits per heavy atom. The van der Waals surface area contributed by atoms with Gasteiger partial charge in [0.25, 0.3) is 0 Å². The molecule has 5 unspecified atom stereocenters. The fourth-order valence-electron chi connectivity index (χ4n) is 3.49. The van der Waals surface area contributed by atoms with E-state index in [2.05, 4.69) is 20.9 Å². The lowest BCUT2D eigenvalue weighted by Gasteiger charge is -2.25. The quantitative estimate of drug-likeness (QED) is 0.164. The summed E-state index contributed by atoms with van der Waals surface area (Å²) in [6.45, 7) is 2.54. The second kappa shape index (κ2) is 12.7. The van der Waals surface area contributed by atoms with Gasteiger partial charge < -0.3 is 42.0 Å². The molecule has 9 N–H and O–H groups in total. The largest absolute Gasteiger partial charge is 0.481 e. The van der Waals surface area contributed by atoms with Crippen LogP contribution in [0, 0.1) is 0 Å². The minimum atomic E-state index is -1.47. The number of nitrogens with one attached hydrogen (secondary N) is 4. The van der Waals surface area contributed by atoms with Crippen molar-refractivity contribution in [3.63, 3.8) is 0 Å². The third-order valence-electron chi connectivity index (χ3n) is 5.53. The molecular formula is C23H31N5O8. The first kappa shape index (κ1) is 28.3. The van der Waals surface area contributed by atoms with Crippen molar-refractivity contribution in [2.24, 2.45) is 5.73 Å². The minimum absolute atomic E-state index is 0.162. The van der Waals surface area contributed by atoms with E-state index in [0.717, 1.165) is 16.5 Å². The summed E-state index contributed by atoms with van der Waals surface area (Å²) in [6, 6.07) is 2.27. The molecule has 5 atom stereocenters. The first-order valence-corrected chi connectivity index (χ1v) is 11.2. The summed E-state index contributed by atoms with van der Waals surface area (Å²) in [5, 5.41) is 35.7. The molecule has 0 aliphatic carbocycles. The summed E-state index contributed by atoms with van der Waals surface area (Å²) in [7, 11) is 0. The molecule has 0 radical (unpaired) electrons. The predicted octanol–water partition coefficient (Wildman–Crippen LogP) is -1.16. The second-order valence-electron chi connectivity index (χ2n) is 8.46. The number of nitrogens with two attached hydrogens (primary N) is 1. The van der Waals surface area contributed by atoms with Crippen LogP contribution in [-0.2, 0) is 30.4 Å². The number of aliphatic hydroxyl groups is 1. The standard InChI is InChI=1S/C23H31N5O8/c1-11(20(32)27-17(23(35)36)7-8-18(30)31)26-22(34)19(12(2)29)28-21(33)15(24)9-13-10-25-16-6-4-3-5-14(13)16/h3-6,10-12,15,17,19,25,29H,7-9,24H2,1-2H3,(H,26,34)(H,27,32)(H,28,33)(H,30,31)(H,35,36). The number of carboxylic acid groups (broad SMARTS) is 2. The molecule has 0 spiro atoms. The Balaban J connectivity index is 1.97. The van der Waals surface area contributed by atoms with E-state index in [9.17, 15) is 34.2 Å². The molecule has 3 amide bonds. The SMILES string of the molecule is CC(NC(=O)C(NC(=O)C(N)Cc1c[nH]c2ccccc12)C(C)O)C(=O)NC(CCC(=O)O)C(=O)O.